The zero-order valence-corrected chi connectivity index (χ0v) is 11.2. The molecular weight excluding hydrogens is 267 g/mol. The molecule has 0 bridgehead atoms. The molecule has 0 heterocycles. The normalized spacial score (nSPS) is 9.58. The van der Waals surface area contributed by atoms with Crippen molar-refractivity contribution in [2.24, 2.45) is 0 Å². The summed E-state index contributed by atoms with van der Waals surface area (Å²) in [5.41, 5.74) is 0.697. The number of carbonyl (C=O) groups excluding carboxylic acids is 1. The average Bonchev–Trinajstić information content (AvgIpc) is 2.31. The van der Waals surface area contributed by atoms with Gasteiger partial charge in [0.05, 0.1) is 6.42 Å². The van der Waals surface area contributed by atoms with Gasteiger partial charge in [0.25, 0.3) is 0 Å². The molecule has 0 aliphatic rings. The third-order valence-electron chi connectivity index (χ3n) is 2.15. The molecule has 0 saturated heterocycles. The molecule has 0 aromatic heterocycles. The van der Waals surface area contributed by atoms with Crippen LogP contribution in [0.2, 0.25) is 0 Å². The molecule has 1 rings (SSSR count). The number of carboxylic acids is 1. The summed E-state index contributed by atoms with van der Waals surface area (Å²) in [7, 11) is 0. The van der Waals surface area contributed by atoms with Gasteiger partial charge in [-0.3, -0.25) is 9.59 Å². The summed E-state index contributed by atoms with van der Waals surface area (Å²) in [4.78, 5) is 21.2. The molecule has 0 radical (unpaired) electrons. The van der Waals surface area contributed by atoms with Gasteiger partial charge in [0.2, 0.25) is 0 Å². The van der Waals surface area contributed by atoms with Crippen LogP contribution in [0.1, 0.15) is 24.5 Å². The molecule has 19 heavy (non-hydrogen) atoms. The minimum absolute atomic E-state index is 0.0485. The van der Waals surface area contributed by atoms with E-state index in [9.17, 15) is 14.0 Å². The fourth-order valence-electron chi connectivity index (χ4n) is 1.36. The lowest BCUT2D eigenvalue weighted by atomic mass is 10.1. The molecule has 1 aromatic rings. The van der Waals surface area contributed by atoms with Crippen LogP contribution in [0.15, 0.2) is 18.2 Å². The number of rotatable bonds is 4. The third kappa shape index (κ3) is 6.07. The molecule has 0 aliphatic carbocycles. The van der Waals surface area contributed by atoms with E-state index < -0.39 is 11.8 Å². The van der Waals surface area contributed by atoms with Gasteiger partial charge in [0, 0.05) is 30.2 Å². The van der Waals surface area contributed by atoms with Gasteiger partial charge in [0.15, 0.2) is 5.12 Å². The van der Waals surface area contributed by atoms with E-state index in [4.69, 9.17) is 5.11 Å². The number of benzene rings is 1. The highest BCUT2D eigenvalue weighted by Gasteiger charge is 2.06. The molecule has 100 valence electrons. The number of carboxylic acid groups (broad SMARTS) is 1. The van der Waals surface area contributed by atoms with Crippen molar-refractivity contribution in [1.82, 2.24) is 0 Å². The van der Waals surface area contributed by atoms with Gasteiger partial charge >= 0.3 is 5.97 Å². The average molecular weight is 280 g/mol. The Morgan fingerprint density at radius 3 is 2.79 bits per heavy atom. The molecule has 0 spiro atoms. The van der Waals surface area contributed by atoms with Crippen LogP contribution in [0.4, 0.5) is 4.39 Å². The second kappa shape index (κ2) is 7.59. The Balaban J connectivity index is 2.66. The van der Waals surface area contributed by atoms with Gasteiger partial charge < -0.3 is 5.11 Å². The Bertz CT molecular complexity index is 543. The van der Waals surface area contributed by atoms with Crippen LogP contribution in [0.5, 0.6) is 0 Å². The van der Waals surface area contributed by atoms with E-state index in [1.807, 2.05) is 0 Å². The van der Waals surface area contributed by atoms with Crippen LogP contribution in [-0.4, -0.2) is 21.9 Å². The highest BCUT2D eigenvalue weighted by molar-refractivity contribution is 8.13. The third-order valence-corrected chi connectivity index (χ3v) is 2.97. The molecule has 0 amide bonds. The number of aliphatic carboxylic acids is 1. The Kier molecular flexibility index (Phi) is 6.10. The summed E-state index contributed by atoms with van der Waals surface area (Å²) in [5.74, 6) is 4.68. The van der Waals surface area contributed by atoms with Crippen molar-refractivity contribution in [2.75, 3.05) is 5.75 Å². The number of thioether (sulfide) groups is 1. The van der Waals surface area contributed by atoms with Gasteiger partial charge in [-0.05, 0) is 18.2 Å². The summed E-state index contributed by atoms with van der Waals surface area (Å²) in [5, 5.41) is 8.69. The number of carbonyl (C=O) groups is 2. The first-order chi connectivity index (χ1) is 8.99. The zero-order valence-electron chi connectivity index (χ0n) is 10.4. The maximum atomic E-state index is 13.3. The first-order valence-corrected chi connectivity index (χ1v) is 6.60. The maximum Gasteiger partial charge on any atom is 0.307 e. The summed E-state index contributed by atoms with van der Waals surface area (Å²) >= 11 is 1.20. The van der Waals surface area contributed by atoms with Gasteiger partial charge in [0.1, 0.15) is 5.82 Å². The molecule has 5 heteroatoms. The minimum Gasteiger partial charge on any atom is -0.481 e. The van der Waals surface area contributed by atoms with Crippen molar-refractivity contribution >= 4 is 22.8 Å². The maximum absolute atomic E-state index is 13.3. The summed E-state index contributed by atoms with van der Waals surface area (Å²) in [6, 6.07) is 4.16. The first kappa shape index (κ1) is 15.3. The molecule has 3 nitrogen and oxygen atoms in total. The predicted octanol–water partition coefficient (Wildman–Crippen LogP) is 2.47. The second-order valence-corrected chi connectivity index (χ2v) is 5.04. The van der Waals surface area contributed by atoms with E-state index in [1.54, 1.807) is 0 Å². The topological polar surface area (TPSA) is 54.4 Å². The Morgan fingerprint density at radius 1 is 1.42 bits per heavy atom. The van der Waals surface area contributed by atoms with Crippen molar-refractivity contribution in [1.29, 1.82) is 0 Å². The predicted molar refractivity (Wildman–Crippen MR) is 72.4 cm³/mol. The van der Waals surface area contributed by atoms with Crippen LogP contribution in [0.3, 0.4) is 0 Å². The molecule has 0 aliphatic heterocycles. The summed E-state index contributed by atoms with van der Waals surface area (Å²) < 4.78 is 13.3. The fourth-order valence-corrected chi connectivity index (χ4v) is 1.85. The van der Waals surface area contributed by atoms with E-state index >= 15 is 0 Å². The van der Waals surface area contributed by atoms with Crippen molar-refractivity contribution in [3.05, 3.63) is 35.1 Å². The van der Waals surface area contributed by atoms with E-state index in [0.29, 0.717) is 17.7 Å². The standard InChI is InChI=1S/C14H13FO3S/c1-10(16)19-7-3-2-4-11-5-6-13(15)12(8-11)9-14(17)18/h5-6,8H,3,7,9H2,1H3,(H,17,18). The molecular formula is C14H13FO3S. The van der Waals surface area contributed by atoms with Crippen LogP contribution >= 0.6 is 11.8 Å². The molecule has 0 fully saturated rings. The lowest BCUT2D eigenvalue weighted by molar-refractivity contribution is -0.136. The fraction of sp³-hybridized carbons (Fsp3) is 0.286. The van der Waals surface area contributed by atoms with Crippen LogP contribution < -0.4 is 0 Å². The first-order valence-electron chi connectivity index (χ1n) is 5.61. The van der Waals surface area contributed by atoms with Gasteiger partial charge in [-0.25, -0.2) is 4.39 Å². The van der Waals surface area contributed by atoms with Gasteiger partial charge in [-0.15, -0.1) is 0 Å². The number of halogens is 1. The highest BCUT2D eigenvalue weighted by Crippen LogP contribution is 2.11. The molecule has 0 saturated carbocycles. The Morgan fingerprint density at radius 2 is 2.16 bits per heavy atom. The van der Waals surface area contributed by atoms with Crippen molar-refractivity contribution in [3.8, 4) is 11.8 Å². The van der Waals surface area contributed by atoms with Gasteiger partial charge in [-0.1, -0.05) is 23.6 Å². The highest BCUT2D eigenvalue weighted by atomic mass is 32.2. The van der Waals surface area contributed by atoms with E-state index in [2.05, 4.69) is 11.8 Å². The monoisotopic (exact) mass is 280 g/mol. The summed E-state index contributed by atoms with van der Waals surface area (Å²) in [6.45, 7) is 1.50. The van der Waals surface area contributed by atoms with E-state index in [1.165, 1.54) is 36.9 Å². The quantitative estimate of drug-likeness (QED) is 0.680. The van der Waals surface area contributed by atoms with Crippen LogP contribution in [0.25, 0.3) is 0 Å². The molecule has 0 unspecified atom stereocenters. The van der Waals surface area contributed by atoms with Crippen molar-refractivity contribution in [2.45, 2.75) is 19.8 Å². The largest absolute Gasteiger partial charge is 0.481 e. The second-order valence-electron chi connectivity index (χ2n) is 3.77. The molecule has 0 atom stereocenters. The minimum atomic E-state index is -1.08. The van der Waals surface area contributed by atoms with E-state index in [0.717, 1.165) is 0 Å². The Hall–Kier alpha value is -1.80. The van der Waals surface area contributed by atoms with Crippen LogP contribution in [-0.2, 0) is 16.0 Å². The van der Waals surface area contributed by atoms with Crippen LogP contribution in [0, 0.1) is 17.7 Å². The number of hydrogen-bond donors (Lipinski definition) is 1. The number of hydrogen-bond acceptors (Lipinski definition) is 3. The van der Waals surface area contributed by atoms with Crippen molar-refractivity contribution < 1.29 is 19.1 Å². The Labute approximate surface area is 115 Å². The summed E-state index contributed by atoms with van der Waals surface area (Å²) in [6.07, 6.45) is 0.192. The smallest absolute Gasteiger partial charge is 0.307 e. The van der Waals surface area contributed by atoms with E-state index in [-0.39, 0.29) is 17.1 Å². The zero-order chi connectivity index (χ0) is 14.3. The molecule has 1 N–H and O–H groups in total. The molecule has 1 aromatic carbocycles. The SMILES string of the molecule is CC(=O)SCCC#Cc1ccc(F)c(CC(=O)O)c1. The lowest BCUT2D eigenvalue weighted by Crippen LogP contribution is -2.02. The van der Waals surface area contributed by atoms with Crippen molar-refractivity contribution in [3.63, 3.8) is 0 Å². The van der Waals surface area contributed by atoms with Gasteiger partial charge in [-0.2, -0.15) is 0 Å². The lowest BCUT2D eigenvalue weighted by Gasteiger charge is -2.00.